The van der Waals surface area contributed by atoms with Gasteiger partial charge in [0, 0.05) is 7.05 Å². The van der Waals surface area contributed by atoms with E-state index < -0.39 is 5.69 Å². The van der Waals surface area contributed by atoms with Crippen LogP contribution in [0.15, 0.2) is 23.0 Å². The van der Waals surface area contributed by atoms with Crippen LogP contribution in [0.1, 0.15) is 21.7 Å². The summed E-state index contributed by atoms with van der Waals surface area (Å²) in [6.07, 6.45) is 0. The zero-order valence-corrected chi connectivity index (χ0v) is 10.6. The molecular weight excluding hydrogens is 248 g/mol. The van der Waals surface area contributed by atoms with E-state index in [1.54, 1.807) is 26.1 Å². The van der Waals surface area contributed by atoms with Crippen molar-refractivity contribution >= 4 is 5.91 Å². The summed E-state index contributed by atoms with van der Waals surface area (Å²) in [6, 6.07) is 4.88. The lowest BCUT2D eigenvalue weighted by molar-refractivity contribution is 0.0778. The topological polar surface area (TPSA) is 102 Å². The largest absolute Gasteiger partial charge is 0.507 e. The van der Waals surface area contributed by atoms with Crippen LogP contribution >= 0.6 is 0 Å². The summed E-state index contributed by atoms with van der Waals surface area (Å²) in [7, 11) is 1.57. The first kappa shape index (κ1) is 12.9. The number of rotatable bonds is 3. The monoisotopic (exact) mass is 262 g/mol. The second-order valence-corrected chi connectivity index (χ2v) is 4.25. The van der Waals surface area contributed by atoms with Crippen LogP contribution in [0.4, 0.5) is 0 Å². The summed E-state index contributed by atoms with van der Waals surface area (Å²) in [5.41, 5.74) is 0.518. The van der Waals surface area contributed by atoms with Gasteiger partial charge >= 0.3 is 5.69 Å². The molecule has 1 heterocycles. The number of aromatic amines is 2. The Bertz CT molecular complexity index is 639. The zero-order chi connectivity index (χ0) is 14.0. The van der Waals surface area contributed by atoms with Crippen molar-refractivity contribution in [3.05, 3.63) is 45.6 Å². The van der Waals surface area contributed by atoms with Crippen LogP contribution in [0.3, 0.4) is 0 Å². The van der Waals surface area contributed by atoms with Gasteiger partial charge in [-0.25, -0.2) is 9.89 Å². The Hall–Kier alpha value is -2.57. The third-order valence-corrected chi connectivity index (χ3v) is 2.75. The molecule has 0 radical (unpaired) electrons. The Morgan fingerprint density at radius 1 is 1.47 bits per heavy atom. The van der Waals surface area contributed by atoms with Crippen molar-refractivity contribution in [2.75, 3.05) is 7.05 Å². The average Bonchev–Trinajstić information content (AvgIpc) is 2.74. The smallest absolute Gasteiger partial charge is 0.340 e. The number of nitrogens with zero attached hydrogens (tertiary/aromatic N) is 2. The lowest BCUT2D eigenvalue weighted by atomic mass is 10.1. The summed E-state index contributed by atoms with van der Waals surface area (Å²) in [4.78, 5) is 27.0. The molecule has 0 aliphatic rings. The Morgan fingerprint density at radius 2 is 2.21 bits per heavy atom. The van der Waals surface area contributed by atoms with E-state index in [1.807, 2.05) is 0 Å². The molecule has 0 saturated heterocycles. The summed E-state index contributed by atoms with van der Waals surface area (Å²) >= 11 is 0. The minimum Gasteiger partial charge on any atom is -0.507 e. The van der Waals surface area contributed by atoms with E-state index in [0.29, 0.717) is 11.4 Å². The van der Waals surface area contributed by atoms with Crippen LogP contribution in [-0.4, -0.2) is 38.1 Å². The van der Waals surface area contributed by atoms with E-state index >= 15 is 0 Å². The molecule has 1 amide bonds. The maximum atomic E-state index is 12.2. The number of phenolic OH excluding ortho intramolecular Hbond substituents is 1. The molecular formula is C12H14N4O3. The van der Waals surface area contributed by atoms with Crippen molar-refractivity contribution in [2.24, 2.45) is 0 Å². The summed E-state index contributed by atoms with van der Waals surface area (Å²) in [5, 5.41) is 15.7. The summed E-state index contributed by atoms with van der Waals surface area (Å²) in [6.45, 7) is 1.89. The maximum absolute atomic E-state index is 12.2. The average molecular weight is 262 g/mol. The maximum Gasteiger partial charge on any atom is 0.340 e. The number of benzene rings is 1. The molecule has 0 saturated carbocycles. The molecule has 0 aliphatic heterocycles. The van der Waals surface area contributed by atoms with Crippen LogP contribution in [0.25, 0.3) is 0 Å². The van der Waals surface area contributed by atoms with Gasteiger partial charge in [0.1, 0.15) is 5.75 Å². The number of amides is 1. The number of carbonyl (C=O) groups excluding carboxylic acids is 1. The highest BCUT2D eigenvalue weighted by atomic mass is 16.3. The predicted molar refractivity (Wildman–Crippen MR) is 67.8 cm³/mol. The van der Waals surface area contributed by atoms with E-state index in [4.69, 9.17) is 0 Å². The molecule has 1 aromatic carbocycles. The number of aryl methyl sites for hydroxylation is 1. The normalized spacial score (nSPS) is 10.4. The zero-order valence-electron chi connectivity index (χ0n) is 10.6. The third kappa shape index (κ3) is 2.65. The van der Waals surface area contributed by atoms with Crippen molar-refractivity contribution in [1.29, 1.82) is 0 Å². The van der Waals surface area contributed by atoms with Crippen LogP contribution in [0.2, 0.25) is 0 Å². The van der Waals surface area contributed by atoms with Gasteiger partial charge in [0.25, 0.3) is 5.91 Å². The van der Waals surface area contributed by atoms with E-state index in [1.165, 1.54) is 11.0 Å². The lowest BCUT2D eigenvalue weighted by Gasteiger charge is -2.17. The molecule has 0 bridgehead atoms. The number of carbonyl (C=O) groups is 1. The molecule has 0 fully saturated rings. The Labute approximate surface area is 108 Å². The molecule has 1 aromatic heterocycles. The van der Waals surface area contributed by atoms with Gasteiger partial charge in [-0.3, -0.25) is 9.78 Å². The first-order valence-electron chi connectivity index (χ1n) is 5.66. The molecule has 0 atom stereocenters. The number of aromatic nitrogens is 3. The minimum atomic E-state index is -0.422. The van der Waals surface area contributed by atoms with E-state index in [0.717, 1.165) is 0 Å². The highest BCUT2D eigenvalue weighted by molar-refractivity contribution is 5.98. The van der Waals surface area contributed by atoms with Crippen LogP contribution in [0.5, 0.6) is 5.75 Å². The lowest BCUT2D eigenvalue weighted by Crippen LogP contribution is -2.27. The molecule has 100 valence electrons. The number of hydrogen-bond acceptors (Lipinski definition) is 4. The summed E-state index contributed by atoms with van der Waals surface area (Å²) in [5.74, 6) is -0.0410. The second-order valence-electron chi connectivity index (χ2n) is 4.25. The fourth-order valence-electron chi connectivity index (χ4n) is 1.80. The number of nitrogens with one attached hydrogen (secondary N) is 2. The molecule has 0 aliphatic carbocycles. The third-order valence-electron chi connectivity index (χ3n) is 2.75. The predicted octanol–water partition coefficient (Wildman–Crippen LogP) is 0.384. The first-order valence-corrected chi connectivity index (χ1v) is 5.66. The number of H-pyrrole nitrogens is 2. The molecule has 7 heteroatoms. The Morgan fingerprint density at radius 3 is 2.79 bits per heavy atom. The van der Waals surface area contributed by atoms with Crippen molar-refractivity contribution in [1.82, 2.24) is 20.1 Å². The van der Waals surface area contributed by atoms with Gasteiger partial charge in [-0.15, -0.1) is 0 Å². The fourth-order valence-corrected chi connectivity index (χ4v) is 1.80. The van der Waals surface area contributed by atoms with Crippen LogP contribution in [0, 0.1) is 6.92 Å². The molecule has 0 unspecified atom stereocenters. The standard InChI is InChI=1S/C12H14N4O3/c1-7-4-3-5-8(17)10(7)11(18)16(2)6-9-13-12(19)15-14-9/h3-5,17H,6H2,1-2H3,(H2,13,14,15,19). The van der Waals surface area contributed by atoms with Crippen molar-refractivity contribution < 1.29 is 9.90 Å². The van der Waals surface area contributed by atoms with Gasteiger partial charge in [0.15, 0.2) is 5.82 Å². The van der Waals surface area contributed by atoms with Gasteiger partial charge < -0.3 is 10.0 Å². The van der Waals surface area contributed by atoms with Gasteiger partial charge in [-0.05, 0) is 18.6 Å². The van der Waals surface area contributed by atoms with Gasteiger partial charge in [-0.2, -0.15) is 5.10 Å². The first-order chi connectivity index (χ1) is 8.99. The fraction of sp³-hybridized carbons (Fsp3) is 0.250. The summed E-state index contributed by atoms with van der Waals surface area (Å²) < 4.78 is 0. The Kier molecular flexibility index (Phi) is 3.37. The molecule has 2 rings (SSSR count). The minimum absolute atomic E-state index is 0.0626. The Balaban J connectivity index is 2.22. The second kappa shape index (κ2) is 4.97. The SMILES string of the molecule is Cc1cccc(O)c1C(=O)N(C)Cc1n[nH]c(=O)[nH]1. The molecule has 2 aromatic rings. The number of hydrogen-bond donors (Lipinski definition) is 3. The highest BCUT2D eigenvalue weighted by Crippen LogP contribution is 2.22. The quantitative estimate of drug-likeness (QED) is 0.744. The molecule has 0 spiro atoms. The van der Waals surface area contributed by atoms with Crippen LogP contribution in [-0.2, 0) is 6.54 Å². The molecule has 19 heavy (non-hydrogen) atoms. The van der Waals surface area contributed by atoms with Crippen molar-refractivity contribution in [2.45, 2.75) is 13.5 Å². The van der Waals surface area contributed by atoms with Crippen LogP contribution < -0.4 is 5.69 Å². The van der Waals surface area contributed by atoms with Gasteiger partial charge in [-0.1, -0.05) is 12.1 Å². The molecule has 3 N–H and O–H groups in total. The van der Waals surface area contributed by atoms with Crippen molar-refractivity contribution in [3.8, 4) is 5.75 Å². The number of aromatic hydroxyl groups is 1. The van der Waals surface area contributed by atoms with Gasteiger partial charge in [0.2, 0.25) is 0 Å². The van der Waals surface area contributed by atoms with Gasteiger partial charge in [0.05, 0.1) is 12.1 Å². The molecule has 7 nitrogen and oxygen atoms in total. The van der Waals surface area contributed by atoms with E-state index in [2.05, 4.69) is 15.2 Å². The van der Waals surface area contributed by atoms with Crippen molar-refractivity contribution in [3.63, 3.8) is 0 Å². The van der Waals surface area contributed by atoms with E-state index in [-0.39, 0.29) is 23.8 Å². The van der Waals surface area contributed by atoms with E-state index in [9.17, 15) is 14.7 Å². The highest BCUT2D eigenvalue weighted by Gasteiger charge is 2.18. The number of phenols is 1.